The zero-order valence-electron chi connectivity index (χ0n) is 10.9. The van der Waals surface area contributed by atoms with Crippen molar-refractivity contribution in [2.24, 2.45) is 5.92 Å². The van der Waals surface area contributed by atoms with Crippen LogP contribution in [0, 0.1) is 5.92 Å². The highest BCUT2D eigenvalue weighted by atomic mass is 35.5. The number of urea groups is 1. The second kappa shape index (κ2) is 6.11. The van der Waals surface area contributed by atoms with Gasteiger partial charge in [-0.15, -0.1) is 0 Å². The molecule has 0 spiro atoms. The maximum absolute atomic E-state index is 12.1. The maximum Gasteiger partial charge on any atom is 0.321 e. The van der Waals surface area contributed by atoms with Crippen LogP contribution in [0.2, 0.25) is 5.02 Å². The van der Waals surface area contributed by atoms with Crippen LogP contribution < -0.4 is 5.32 Å². The molecule has 108 valence electrons. The fraction of sp³-hybridized carbons (Fsp3) is 0.385. The summed E-state index contributed by atoms with van der Waals surface area (Å²) in [5.74, 6) is -1.68. The van der Waals surface area contributed by atoms with Gasteiger partial charge >= 0.3 is 12.0 Å². The number of aliphatic carboxylic acids is 1. The van der Waals surface area contributed by atoms with Crippen molar-refractivity contribution in [3.05, 3.63) is 29.3 Å². The molecule has 0 radical (unpaired) electrons. The molecule has 1 aromatic rings. The lowest BCUT2D eigenvalue weighted by atomic mass is 10.0. The van der Waals surface area contributed by atoms with E-state index in [-0.39, 0.29) is 13.2 Å². The SMILES string of the molecule is CN(C(=O)Nc1ccccc1Cl)C1COCC1C(=O)O. The van der Waals surface area contributed by atoms with Crippen molar-refractivity contribution in [1.82, 2.24) is 4.90 Å². The molecule has 2 atom stereocenters. The van der Waals surface area contributed by atoms with E-state index in [0.29, 0.717) is 10.7 Å². The molecule has 0 bridgehead atoms. The number of ether oxygens (including phenoxy) is 1. The summed E-state index contributed by atoms with van der Waals surface area (Å²) in [7, 11) is 1.54. The summed E-state index contributed by atoms with van der Waals surface area (Å²) in [6.45, 7) is 0.327. The van der Waals surface area contributed by atoms with E-state index in [0.717, 1.165) is 0 Å². The topological polar surface area (TPSA) is 78.9 Å². The minimum atomic E-state index is -0.968. The predicted octanol–water partition coefficient (Wildman–Crippen LogP) is 1.90. The lowest BCUT2D eigenvalue weighted by Crippen LogP contribution is -2.45. The Hall–Kier alpha value is -1.79. The van der Waals surface area contributed by atoms with Crippen molar-refractivity contribution in [2.75, 3.05) is 25.6 Å². The first-order valence-corrected chi connectivity index (χ1v) is 6.47. The van der Waals surface area contributed by atoms with E-state index in [1.165, 1.54) is 4.90 Å². The second-order valence-electron chi connectivity index (χ2n) is 4.57. The van der Waals surface area contributed by atoms with Crippen molar-refractivity contribution in [1.29, 1.82) is 0 Å². The minimum absolute atomic E-state index is 0.115. The summed E-state index contributed by atoms with van der Waals surface area (Å²) < 4.78 is 5.15. The van der Waals surface area contributed by atoms with Gasteiger partial charge in [-0.2, -0.15) is 0 Å². The Bertz CT molecular complexity index is 523. The van der Waals surface area contributed by atoms with E-state index < -0.39 is 24.0 Å². The molecule has 2 N–H and O–H groups in total. The number of benzene rings is 1. The number of nitrogens with one attached hydrogen (secondary N) is 1. The van der Waals surface area contributed by atoms with Crippen molar-refractivity contribution in [3.8, 4) is 0 Å². The number of carboxylic acids is 1. The number of halogens is 1. The van der Waals surface area contributed by atoms with Crippen LogP contribution in [0.25, 0.3) is 0 Å². The molecule has 0 aromatic heterocycles. The van der Waals surface area contributed by atoms with Crippen LogP contribution in [0.5, 0.6) is 0 Å². The van der Waals surface area contributed by atoms with E-state index in [9.17, 15) is 9.59 Å². The molecule has 1 aliphatic rings. The number of nitrogens with zero attached hydrogens (tertiary/aromatic N) is 1. The normalized spacial score (nSPS) is 21.5. The molecule has 2 rings (SSSR count). The van der Waals surface area contributed by atoms with Gasteiger partial charge < -0.3 is 20.1 Å². The van der Waals surface area contributed by atoms with Gasteiger partial charge in [-0.05, 0) is 12.1 Å². The van der Waals surface area contributed by atoms with Gasteiger partial charge in [0, 0.05) is 7.05 Å². The average Bonchev–Trinajstić information content (AvgIpc) is 2.89. The molecule has 1 heterocycles. The summed E-state index contributed by atoms with van der Waals surface area (Å²) in [6.07, 6.45) is 0. The van der Waals surface area contributed by atoms with Crippen LogP contribution in [-0.2, 0) is 9.53 Å². The number of likely N-dealkylation sites (N-methyl/N-ethyl adjacent to an activating group) is 1. The lowest BCUT2D eigenvalue weighted by Gasteiger charge is -2.26. The summed E-state index contributed by atoms with van der Waals surface area (Å²) in [4.78, 5) is 24.6. The number of rotatable bonds is 3. The van der Waals surface area contributed by atoms with Crippen LogP contribution >= 0.6 is 11.6 Å². The van der Waals surface area contributed by atoms with Crippen LogP contribution in [0.15, 0.2) is 24.3 Å². The molecule has 2 amide bonds. The lowest BCUT2D eigenvalue weighted by molar-refractivity contribution is -0.142. The van der Waals surface area contributed by atoms with Crippen molar-refractivity contribution in [2.45, 2.75) is 6.04 Å². The van der Waals surface area contributed by atoms with Crippen LogP contribution in [-0.4, -0.2) is 48.3 Å². The highest BCUT2D eigenvalue weighted by molar-refractivity contribution is 6.33. The largest absolute Gasteiger partial charge is 0.481 e. The van der Waals surface area contributed by atoms with Gasteiger partial charge in [0.1, 0.15) is 5.92 Å². The Morgan fingerprint density at radius 2 is 2.10 bits per heavy atom. The highest BCUT2D eigenvalue weighted by Gasteiger charge is 2.38. The molecule has 0 aliphatic carbocycles. The molecular formula is C13H15ClN2O4. The van der Waals surface area contributed by atoms with Crippen LogP contribution in [0.1, 0.15) is 0 Å². The maximum atomic E-state index is 12.1. The van der Waals surface area contributed by atoms with Crippen molar-refractivity contribution in [3.63, 3.8) is 0 Å². The molecular weight excluding hydrogens is 284 g/mol. The smallest absolute Gasteiger partial charge is 0.321 e. The number of carboxylic acid groups (broad SMARTS) is 1. The van der Waals surface area contributed by atoms with Gasteiger partial charge in [0.15, 0.2) is 0 Å². The summed E-state index contributed by atoms with van der Waals surface area (Å²) in [6, 6.07) is 5.94. The summed E-state index contributed by atoms with van der Waals surface area (Å²) in [5, 5.41) is 12.2. The van der Waals surface area contributed by atoms with E-state index in [4.69, 9.17) is 21.4 Å². The van der Waals surface area contributed by atoms with Gasteiger partial charge in [0.25, 0.3) is 0 Å². The monoisotopic (exact) mass is 298 g/mol. The standard InChI is InChI=1S/C13H15ClN2O4/c1-16(11-7-20-6-8(11)12(17)18)13(19)15-10-5-3-2-4-9(10)14/h2-5,8,11H,6-7H2,1H3,(H,15,19)(H,17,18). The zero-order valence-corrected chi connectivity index (χ0v) is 11.6. The van der Waals surface area contributed by atoms with E-state index in [1.807, 2.05) is 0 Å². The van der Waals surface area contributed by atoms with Gasteiger partial charge in [-0.1, -0.05) is 23.7 Å². The van der Waals surface area contributed by atoms with E-state index in [1.54, 1.807) is 31.3 Å². The van der Waals surface area contributed by atoms with Crippen molar-refractivity contribution >= 4 is 29.3 Å². The molecule has 1 fully saturated rings. The van der Waals surface area contributed by atoms with Gasteiger partial charge in [0.05, 0.1) is 30.0 Å². The Morgan fingerprint density at radius 3 is 2.75 bits per heavy atom. The third-order valence-corrected chi connectivity index (χ3v) is 3.63. The summed E-state index contributed by atoms with van der Waals surface area (Å²) >= 11 is 5.96. The third-order valence-electron chi connectivity index (χ3n) is 3.30. The average molecular weight is 299 g/mol. The molecule has 2 unspecified atom stereocenters. The fourth-order valence-corrected chi connectivity index (χ4v) is 2.26. The number of carbonyl (C=O) groups excluding carboxylic acids is 1. The third kappa shape index (κ3) is 3.02. The number of hydrogen-bond donors (Lipinski definition) is 2. The second-order valence-corrected chi connectivity index (χ2v) is 4.98. The number of amides is 2. The van der Waals surface area contributed by atoms with Gasteiger partial charge in [-0.25, -0.2) is 4.79 Å². The number of carbonyl (C=O) groups is 2. The molecule has 1 aromatic carbocycles. The van der Waals surface area contributed by atoms with E-state index >= 15 is 0 Å². The Balaban J connectivity index is 2.05. The molecule has 6 nitrogen and oxygen atoms in total. The molecule has 7 heteroatoms. The Morgan fingerprint density at radius 1 is 1.40 bits per heavy atom. The number of hydrogen-bond acceptors (Lipinski definition) is 3. The molecule has 20 heavy (non-hydrogen) atoms. The first kappa shape index (κ1) is 14.6. The molecule has 0 saturated carbocycles. The highest BCUT2D eigenvalue weighted by Crippen LogP contribution is 2.23. The van der Waals surface area contributed by atoms with Crippen LogP contribution in [0.4, 0.5) is 10.5 Å². The first-order chi connectivity index (χ1) is 9.50. The minimum Gasteiger partial charge on any atom is -0.481 e. The zero-order chi connectivity index (χ0) is 14.7. The number of anilines is 1. The number of para-hydroxylation sites is 1. The quantitative estimate of drug-likeness (QED) is 0.893. The summed E-state index contributed by atoms with van der Waals surface area (Å²) in [5.41, 5.74) is 0.483. The Labute approximate surface area is 121 Å². The fourth-order valence-electron chi connectivity index (χ4n) is 2.08. The van der Waals surface area contributed by atoms with Crippen molar-refractivity contribution < 1.29 is 19.4 Å². The molecule has 1 saturated heterocycles. The van der Waals surface area contributed by atoms with Gasteiger partial charge in [-0.3, -0.25) is 4.79 Å². The Kier molecular flexibility index (Phi) is 4.46. The van der Waals surface area contributed by atoms with Crippen LogP contribution in [0.3, 0.4) is 0 Å². The van der Waals surface area contributed by atoms with E-state index in [2.05, 4.69) is 5.32 Å². The molecule has 1 aliphatic heterocycles. The van der Waals surface area contributed by atoms with Gasteiger partial charge in [0.2, 0.25) is 0 Å². The predicted molar refractivity (Wildman–Crippen MR) is 74.0 cm³/mol. The first-order valence-electron chi connectivity index (χ1n) is 6.09.